The maximum atomic E-state index is 11.4. The van der Waals surface area contributed by atoms with Crippen LogP contribution >= 0.6 is 0 Å². The van der Waals surface area contributed by atoms with Crippen molar-refractivity contribution in [3.63, 3.8) is 0 Å². The maximum Gasteiger partial charge on any atom is 0.409 e. The van der Waals surface area contributed by atoms with Gasteiger partial charge in [-0.1, -0.05) is 0 Å². The van der Waals surface area contributed by atoms with Crippen LogP contribution in [-0.2, 0) is 4.74 Å². The minimum atomic E-state index is -0.368. The van der Waals surface area contributed by atoms with Crippen LogP contribution in [0.3, 0.4) is 0 Å². The number of hydrogen-bond acceptors (Lipinski definition) is 4. The van der Waals surface area contributed by atoms with Gasteiger partial charge in [-0.05, 0) is 25.7 Å². The van der Waals surface area contributed by atoms with E-state index in [0.29, 0.717) is 13.1 Å². The Morgan fingerprint density at radius 3 is 2.60 bits per heavy atom. The summed E-state index contributed by atoms with van der Waals surface area (Å²) in [5.74, 6) is 0.284. The summed E-state index contributed by atoms with van der Waals surface area (Å²) in [5, 5.41) is 17.9. The van der Waals surface area contributed by atoms with Crippen LogP contribution in [-0.4, -0.2) is 53.6 Å². The lowest BCUT2D eigenvalue weighted by Crippen LogP contribution is -2.41. The number of hydrogen-bond donors (Lipinski definition) is 2. The van der Waals surface area contributed by atoms with E-state index in [4.69, 9.17) is 9.84 Å². The van der Waals surface area contributed by atoms with Gasteiger partial charge >= 0.3 is 6.09 Å². The first-order valence-corrected chi connectivity index (χ1v) is 5.35. The molecular weight excluding hydrogens is 198 g/mol. The molecule has 0 aliphatic carbocycles. The van der Waals surface area contributed by atoms with E-state index >= 15 is 0 Å². The Hall–Kier alpha value is -0.810. The van der Waals surface area contributed by atoms with E-state index < -0.39 is 0 Å². The van der Waals surface area contributed by atoms with E-state index in [-0.39, 0.29) is 31.3 Å². The number of amides is 1. The van der Waals surface area contributed by atoms with Crippen molar-refractivity contribution in [3.05, 3.63) is 0 Å². The van der Waals surface area contributed by atoms with Crippen molar-refractivity contribution in [2.45, 2.75) is 25.9 Å². The Morgan fingerprint density at radius 1 is 1.53 bits per heavy atom. The van der Waals surface area contributed by atoms with Crippen LogP contribution in [0.5, 0.6) is 0 Å². The highest BCUT2D eigenvalue weighted by Crippen LogP contribution is 2.20. The summed E-state index contributed by atoms with van der Waals surface area (Å²) in [4.78, 5) is 13.0. The molecule has 1 amide bonds. The molecule has 2 N–H and O–H groups in total. The Balaban J connectivity index is 2.27. The van der Waals surface area contributed by atoms with Gasteiger partial charge in [0.25, 0.3) is 0 Å². The number of carbonyl (C=O) groups excluding carboxylic acids is 1. The van der Waals surface area contributed by atoms with Crippen LogP contribution in [0.4, 0.5) is 4.79 Å². The molecule has 0 aromatic heterocycles. The first-order chi connectivity index (χ1) is 7.15. The number of rotatable bonds is 3. The molecule has 1 heterocycles. The van der Waals surface area contributed by atoms with Crippen LogP contribution in [0.2, 0.25) is 0 Å². The number of aliphatic hydroxyl groups excluding tert-OH is 2. The third kappa shape index (κ3) is 3.68. The third-order valence-corrected chi connectivity index (χ3v) is 2.80. The minimum absolute atomic E-state index is 0.0508. The molecule has 5 nitrogen and oxygen atoms in total. The zero-order valence-electron chi connectivity index (χ0n) is 9.06. The Morgan fingerprint density at radius 2 is 2.13 bits per heavy atom. The SMILES string of the molecule is CC(O)C1CCN(C(=O)OCCO)CC1. The normalized spacial score (nSPS) is 20.1. The van der Waals surface area contributed by atoms with Gasteiger partial charge in [0, 0.05) is 13.1 Å². The highest BCUT2D eigenvalue weighted by atomic mass is 16.6. The van der Waals surface area contributed by atoms with Crippen molar-refractivity contribution in [2.75, 3.05) is 26.3 Å². The summed E-state index contributed by atoms with van der Waals surface area (Å²) in [5.41, 5.74) is 0. The first kappa shape index (κ1) is 12.3. The lowest BCUT2D eigenvalue weighted by atomic mass is 9.92. The van der Waals surface area contributed by atoms with Crippen molar-refractivity contribution in [1.29, 1.82) is 0 Å². The lowest BCUT2D eigenvalue weighted by Gasteiger charge is -2.32. The molecule has 0 bridgehead atoms. The molecule has 1 unspecified atom stereocenters. The van der Waals surface area contributed by atoms with Crippen molar-refractivity contribution < 1.29 is 19.7 Å². The van der Waals surface area contributed by atoms with E-state index in [0.717, 1.165) is 12.8 Å². The third-order valence-electron chi connectivity index (χ3n) is 2.80. The highest BCUT2D eigenvalue weighted by Gasteiger charge is 2.25. The monoisotopic (exact) mass is 217 g/mol. The van der Waals surface area contributed by atoms with Crippen molar-refractivity contribution in [3.8, 4) is 0 Å². The molecule has 1 fully saturated rings. The van der Waals surface area contributed by atoms with Gasteiger partial charge in [0.15, 0.2) is 0 Å². The van der Waals surface area contributed by atoms with Crippen LogP contribution in [0.15, 0.2) is 0 Å². The molecular formula is C10H19NO4. The van der Waals surface area contributed by atoms with Crippen LogP contribution in [0.1, 0.15) is 19.8 Å². The summed E-state index contributed by atoms with van der Waals surface area (Å²) in [6.07, 6.45) is 0.950. The number of ether oxygens (including phenoxy) is 1. The summed E-state index contributed by atoms with van der Waals surface area (Å²) in [7, 11) is 0. The van der Waals surface area contributed by atoms with Gasteiger partial charge in [0.1, 0.15) is 6.61 Å². The molecule has 1 atom stereocenters. The molecule has 0 spiro atoms. The fraction of sp³-hybridized carbons (Fsp3) is 0.900. The standard InChI is InChI=1S/C10H19NO4/c1-8(13)9-2-4-11(5-3-9)10(14)15-7-6-12/h8-9,12-13H,2-7H2,1H3. The predicted octanol–water partition coefficient (Wildman–Crippen LogP) is 0.208. The van der Waals surface area contributed by atoms with Crippen LogP contribution in [0, 0.1) is 5.92 Å². The van der Waals surface area contributed by atoms with E-state index in [9.17, 15) is 9.90 Å². The minimum Gasteiger partial charge on any atom is -0.447 e. The zero-order chi connectivity index (χ0) is 11.3. The molecule has 1 saturated heterocycles. The molecule has 88 valence electrons. The second-order valence-electron chi connectivity index (χ2n) is 3.90. The number of nitrogens with zero attached hydrogens (tertiary/aromatic N) is 1. The van der Waals surface area contributed by atoms with Crippen molar-refractivity contribution >= 4 is 6.09 Å². The Kier molecular flexibility index (Phi) is 4.84. The highest BCUT2D eigenvalue weighted by molar-refractivity contribution is 5.67. The number of piperidine rings is 1. The summed E-state index contributed by atoms with van der Waals surface area (Å²) >= 11 is 0. The van der Waals surface area contributed by atoms with Crippen LogP contribution < -0.4 is 0 Å². The number of carbonyl (C=O) groups is 1. The second-order valence-corrected chi connectivity index (χ2v) is 3.90. The predicted molar refractivity (Wildman–Crippen MR) is 54.4 cm³/mol. The molecule has 0 aromatic rings. The van der Waals surface area contributed by atoms with Gasteiger partial charge in [0.2, 0.25) is 0 Å². The van der Waals surface area contributed by atoms with Gasteiger partial charge in [-0.2, -0.15) is 0 Å². The summed E-state index contributed by atoms with van der Waals surface area (Å²) in [6, 6.07) is 0. The van der Waals surface area contributed by atoms with Gasteiger partial charge in [-0.3, -0.25) is 0 Å². The second kappa shape index (κ2) is 5.92. The molecule has 15 heavy (non-hydrogen) atoms. The topological polar surface area (TPSA) is 70.0 Å². The molecule has 5 heteroatoms. The Labute approximate surface area is 89.6 Å². The lowest BCUT2D eigenvalue weighted by molar-refractivity contribution is 0.0490. The first-order valence-electron chi connectivity index (χ1n) is 5.35. The van der Waals surface area contributed by atoms with Crippen molar-refractivity contribution in [2.24, 2.45) is 5.92 Å². The van der Waals surface area contributed by atoms with Crippen molar-refractivity contribution in [1.82, 2.24) is 4.90 Å². The fourth-order valence-electron chi connectivity index (χ4n) is 1.79. The smallest absolute Gasteiger partial charge is 0.409 e. The fourth-order valence-corrected chi connectivity index (χ4v) is 1.79. The zero-order valence-corrected chi connectivity index (χ0v) is 9.06. The molecule has 1 rings (SSSR count). The molecule has 0 saturated carbocycles. The van der Waals surface area contributed by atoms with Crippen LogP contribution in [0.25, 0.3) is 0 Å². The molecule has 1 aliphatic rings. The molecule has 0 aromatic carbocycles. The largest absolute Gasteiger partial charge is 0.447 e. The van der Waals surface area contributed by atoms with E-state index in [1.165, 1.54) is 0 Å². The number of likely N-dealkylation sites (tertiary alicyclic amines) is 1. The quantitative estimate of drug-likeness (QED) is 0.709. The average molecular weight is 217 g/mol. The number of aliphatic hydroxyl groups is 2. The summed E-state index contributed by atoms with van der Waals surface area (Å²) in [6.45, 7) is 2.94. The van der Waals surface area contributed by atoms with E-state index in [1.54, 1.807) is 11.8 Å². The summed E-state index contributed by atoms with van der Waals surface area (Å²) < 4.78 is 4.80. The van der Waals surface area contributed by atoms with Gasteiger partial charge in [-0.25, -0.2) is 4.79 Å². The molecule has 0 radical (unpaired) electrons. The van der Waals surface area contributed by atoms with Gasteiger partial charge in [-0.15, -0.1) is 0 Å². The maximum absolute atomic E-state index is 11.4. The van der Waals surface area contributed by atoms with Gasteiger partial charge in [0.05, 0.1) is 12.7 Å². The van der Waals surface area contributed by atoms with E-state index in [2.05, 4.69) is 0 Å². The average Bonchev–Trinajstić information content (AvgIpc) is 2.26. The molecule has 1 aliphatic heterocycles. The van der Waals surface area contributed by atoms with Gasteiger partial charge < -0.3 is 19.8 Å². The Bertz CT molecular complexity index is 200. The van der Waals surface area contributed by atoms with E-state index in [1.807, 2.05) is 0 Å².